The molecule has 0 aromatic heterocycles. The Morgan fingerprint density at radius 3 is 2.33 bits per heavy atom. The third-order valence-electron chi connectivity index (χ3n) is 4.04. The molecule has 1 heterocycles. The number of carbonyl (C=O) groups excluding carboxylic acids is 2. The Bertz CT molecular complexity index is 747. The highest BCUT2D eigenvalue weighted by Crippen LogP contribution is 2.20. The first-order valence-corrected chi connectivity index (χ1v) is 8.16. The van der Waals surface area contributed by atoms with E-state index in [1.165, 1.54) is 6.08 Å². The van der Waals surface area contributed by atoms with Crippen LogP contribution in [-0.2, 0) is 4.79 Å². The van der Waals surface area contributed by atoms with Crippen molar-refractivity contribution < 1.29 is 9.59 Å². The second kappa shape index (κ2) is 7.59. The second-order valence-corrected chi connectivity index (χ2v) is 5.78. The van der Waals surface area contributed by atoms with Crippen molar-refractivity contribution in [2.45, 2.75) is 12.8 Å². The molecule has 1 saturated heterocycles. The van der Waals surface area contributed by atoms with Gasteiger partial charge in [0, 0.05) is 19.2 Å². The molecule has 2 aromatic carbocycles. The van der Waals surface area contributed by atoms with E-state index in [0.717, 1.165) is 31.5 Å². The van der Waals surface area contributed by atoms with Crippen LogP contribution in [0.25, 0.3) is 6.08 Å². The van der Waals surface area contributed by atoms with Crippen LogP contribution in [0.3, 0.4) is 0 Å². The summed E-state index contributed by atoms with van der Waals surface area (Å²) in [5.41, 5.74) is 2.05. The molecular formula is C20H20N2O2. The lowest BCUT2D eigenvalue weighted by atomic mass is 10.1. The molecule has 0 radical (unpaired) electrons. The predicted octanol–water partition coefficient (Wildman–Crippen LogP) is 3.57. The predicted molar refractivity (Wildman–Crippen MR) is 95.7 cm³/mol. The van der Waals surface area contributed by atoms with Gasteiger partial charge in [-0.2, -0.15) is 0 Å². The lowest BCUT2D eigenvalue weighted by molar-refractivity contribution is -0.111. The van der Waals surface area contributed by atoms with E-state index in [2.05, 4.69) is 5.32 Å². The smallest absolute Gasteiger partial charge is 0.255 e. The van der Waals surface area contributed by atoms with Crippen LogP contribution in [0.15, 0.2) is 60.7 Å². The molecule has 0 spiro atoms. The number of likely N-dealkylation sites (tertiary alicyclic amines) is 1. The summed E-state index contributed by atoms with van der Waals surface area (Å²) in [6, 6.07) is 16.8. The zero-order chi connectivity index (χ0) is 16.8. The van der Waals surface area contributed by atoms with E-state index in [0.29, 0.717) is 11.3 Å². The van der Waals surface area contributed by atoms with Crippen molar-refractivity contribution in [3.05, 3.63) is 71.8 Å². The van der Waals surface area contributed by atoms with Crippen molar-refractivity contribution in [2.75, 3.05) is 18.4 Å². The van der Waals surface area contributed by atoms with E-state index >= 15 is 0 Å². The summed E-state index contributed by atoms with van der Waals surface area (Å²) in [6.45, 7) is 1.57. The SMILES string of the molecule is O=C(C=Cc1ccccc1)Nc1ccccc1C(=O)N1CCCC1. The zero-order valence-electron chi connectivity index (χ0n) is 13.4. The highest BCUT2D eigenvalue weighted by Gasteiger charge is 2.21. The van der Waals surface area contributed by atoms with Gasteiger partial charge >= 0.3 is 0 Å². The maximum absolute atomic E-state index is 12.6. The fourth-order valence-electron chi connectivity index (χ4n) is 2.78. The van der Waals surface area contributed by atoms with Gasteiger partial charge in [-0.3, -0.25) is 9.59 Å². The van der Waals surface area contributed by atoms with E-state index in [-0.39, 0.29) is 11.8 Å². The average molecular weight is 320 g/mol. The van der Waals surface area contributed by atoms with Gasteiger partial charge in [-0.1, -0.05) is 42.5 Å². The van der Waals surface area contributed by atoms with Crippen LogP contribution < -0.4 is 5.32 Å². The number of nitrogens with zero attached hydrogens (tertiary/aromatic N) is 1. The highest BCUT2D eigenvalue weighted by molar-refractivity contribution is 6.07. The summed E-state index contributed by atoms with van der Waals surface area (Å²) >= 11 is 0. The Morgan fingerprint density at radius 1 is 0.917 bits per heavy atom. The zero-order valence-corrected chi connectivity index (χ0v) is 13.4. The fourth-order valence-corrected chi connectivity index (χ4v) is 2.78. The summed E-state index contributed by atoms with van der Waals surface area (Å²) in [5.74, 6) is -0.268. The molecule has 1 aliphatic heterocycles. The van der Waals surface area contributed by atoms with E-state index in [1.807, 2.05) is 47.4 Å². The van der Waals surface area contributed by atoms with E-state index < -0.39 is 0 Å². The molecule has 0 atom stereocenters. The van der Waals surface area contributed by atoms with Crippen LogP contribution in [0.2, 0.25) is 0 Å². The summed E-state index contributed by atoms with van der Waals surface area (Å²) in [6.07, 6.45) is 5.31. The first-order chi connectivity index (χ1) is 11.7. The molecule has 1 fully saturated rings. The van der Waals surface area contributed by atoms with Crippen molar-refractivity contribution in [3.63, 3.8) is 0 Å². The Hall–Kier alpha value is -2.88. The molecule has 2 amide bonds. The van der Waals surface area contributed by atoms with Gasteiger partial charge in [-0.05, 0) is 36.6 Å². The van der Waals surface area contributed by atoms with Crippen LogP contribution in [-0.4, -0.2) is 29.8 Å². The van der Waals surface area contributed by atoms with Crippen molar-refractivity contribution in [1.29, 1.82) is 0 Å². The average Bonchev–Trinajstić information content (AvgIpc) is 3.15. The third-order valence-corrected chi connectivity index (χ3v) is 4.04. The fraction of sp³-hybridized carbons (Fsp3) is 0.200. The van der Waals surface area contributed by atoms with Gasteiger partial charge in [0.2, 0.25) is 5.91 Å². The molecule has 122 valence electrons. The number of carbonyl (C=O) groups is 2. The topological polar surface area (TPSA) is 49.4 Å². The maximum Gasteiger partial charge on any atom is 0.255 e. The van der Waals surface area contributed by atoms with Crippen LogP contribution in [0, 0.1) is 0 Å². The molecule has 0 aliphatic carbocycles. The molecular weight excluding hydrogens is 300 g/mol. The number of hydrogen-bond donors (Lipinski definition) is 1. The maximum atomic E-state index is 12.6. The van der Waals surface area contributed by atoms with Crippen molar-refractivity contribution in [1.82, 2.24) is 4.90 Å². The number of rotatable bonds is 4. The Kier molecular flexibility index (Phi) is 5.06. The molecule has 3 rings (SSSR count). The van der Waals surface area contributed by atoms with Crippen LogP contribution in [0.5, 0.6) is 0 Å². The number of nitrogens with one attached hydrogen (secondary N) is 1. The number of amides is 2. The molecule has 24 heavy (non-hydrogen) atoms. The number of anilines is 1. The Labute approximate surface area is 141 Å². The van der Waals surface area contributed by atoms with Gasteiger partial charge in [0.1, 0.15) is 0 Å². The van der Waals surface area contributed by atoms with Crippen molar-refractivity contribution in [3.8, 4) is 0 Å². The lowest BCUT2D eigenvalue weighted by Gasteiger charge is -2.17. The molecule has 4 heteroatoms. The number of para-hydroxylation sites is 1. The van der Waals surface area contributed by atoms with Gasteiger partial charge < -0.3 is 10.2 Å². The highest BCUT2D eigenvalue weighted by atomic mass is 16.2. The molecule has 0 unspecified atom stereocenters. The van der Waals surface area contributed by atoms with E-state index in [4.69, 9.17) is 0 Å². The molecule has 4 nitrogen and oxygen atoms in total. The lowest BCUT2D eigenvalue weighted by Crippen LogP contribution is -2.28. The minimum Gasteiger partial charge on any atom is -0.339 e. The van der Waals surface area contributed by atoms with Gasteiger partial charge in [-0.15, -0.1) is 0 Å². The van der Waals surface area contributed by atoms with E-state index in [1.54, 1.807) is 18.2 Å². The van der Waals surface area contributed by atoms with Gasteiger partial charge in [0.05, 0.1) is 11.3 Å². The van der Waals surface area contributed by atoms with Crippen LogP contribution in [0.4, 0.5) is 5.69 Å². The van der Waals surface area contributed by atoms with Gasteiger partial charge in [0.15, 0.2) is 0 Å². The quantitative estimate of drug-likeness (QED) is 0.876. The first kappa shape index (κ1) is 16.0. The van der Waals surface area contributed by atoms with Crippen molar-refractivity contribution >= 4 is 23.6 Å². The molecule has 0 saturated carbocycles. The largest absolute Gasteiger partial charge is 0.339 e. The van der Waals surface area contributed by atoms with E-state index in [9.17, 15) is 9.59 Å². The third kappa shape index (κ3) is 3.90. The summed E-state index contributed by atoms with van der Waals surface area (Å²) in [7, 11) is 0. The number of benzene rings is 2. The van der Waals surface area contributed by atoms with Gasteiger partial charge in [0.25, 0.3) is 5.91 Å². The molecule has 1 N–H and O–H groups in total. The number of hydrogen-bond acceptors (Lipinski definition) is 2. The first-order valence-electron chi connectivity index (χ1n) is 8.16. The summed E-state index contributed by atoms with van der Waals surface area (Å²) < 4.78 is 0. The summed E-state index contributed by atoms with van der Waals surface area (Å²) in [5, 5.41) is 2.81. The Morgan fingerprint density at radius 2 is 1.58 bits per heavy atom. The van der Waals surface area contributed by atoms with Crippen LogP contribution >= 0.6 is 0 Å². The minimum atomic E-state index is -0.250. The van der Waals surface area contributed by atoms with Crippen molar-refractivity contribution in [2.24, 2.45) is 0 Å². The molecule has 2 aromatic rings. The minimum absolute atomic E-state index is 0.0181. The Balaban J connectivity index is 1.72. The standard InChI is InChI=1S/C20H20N2O2/c23-19(13-12-16-8-2-1-3-9-16)21-18-11-5-4-10-17(18)20(24)22-14-6-7-15-22/h1-5,8-13H,6-7,14-15H2,(H,21,23). The molecule has 0 bridgehead atoms. The second-order valence-electron chi connectivity index (χ2n) is 5.78. The summed E-state index contributed by atoms with van der Waals surface area (Å²) in [4.78, 5) is 26.6. The monoisotopic (exact) mass is 320 g/mol. The normalized spacial score (nSPS) is 14.1. The molecule has 1 aliphatic rings. The van der Waals surface area contributed by atoms with Gasteiger partial charge in [-0.25, -0.2) is 0 Å². The van der Waals surface area contributed by atoms with Crippen LogP contribution in [0.1, 0.15) is 28.8 Å².